The number of hydrogen-bond acceptors (Lipinski definition) is 5. The Morgan fingerprint density at radius 3 is 3.14 bits per heavy atom. The van der Waals surface area contributed by atoms with Crippen LogP contribution in [0.15, 0.2) is 30.6 Å². The average Bonchev–Trinajstić information content (AvgIpc) is 3.04. The number of ether oxygens (including phenoxy) is 2. The molecule has 1 aromatic carbocycles. The van der Waals surface area contributed by atoms with Gasteiger partial charge in [0.05, 0.1) is 17.0 Å². The van der Waals surface area contributed by atoms with Gasteiger partial charge >= 0.3 is 0 Å². The van der Waals surface area contributed by atoms with E-state index in [2.05, 4.69) is 15.3 Å². The number of hydrogen-bond donors (Lipinski definition) is 1. The zero-order valence-corrected chi connectivity index (χ0v) is 11.6. The number of para-hydroxylation sites is 1. The van der Waals surface area contributed by atoms with Gasteiger partial charge in [-0.15, -0.1) is 0 Å². The first-order valence-electron chi connectivity index (χ1n) is 7.04. The van der Waals surface area contributed by atoms with Crippen molar-refractivity contribution in [3.8, 4) is 5.88 Å². The zero-order valence-electron chi connectivity index (χ0n) is 11.6. The third-order valence-corrected chi connectivity index (χ3v) is 3.40. The van der Waals surface area contributed by atoms with E-state index >= 15 is 0 Å². The van der Waals surface area contributed by atoms with Crippen LogP contribution in [0.3, 0.4) is 0 Å². The van der Waals surface area contributed by atoms with E-state index in [1.165, 1.54) is 6.33 Å². The van der Waals surface area contributed by atoms with Gasteiger partial charge in [-0.05, 0) is 25.0 Å². The monoisotopic (exact) mass is 287 g/mol. The van der Waals surface area contributed by atoms with Crippen molar-refractivity contribution < 1.29 is 14.3 Å². The molecule has 0 saturated carbocycles. The second kappa shape index (κ2) is 6.49. The number of amides is 1. The van der Waals surface area contributed by atoms with Crippen LogP contribution in [-0.2, 0) is 9.53 Å². The second-order valence-corrected chi connectivity index (χ2v) is 4.92. The second-order valence-electron chi connectivity index (χ2n) is 4.92. The Morgan fingerprint density at radius 1 is 1.38 bits per heavy atom. The fraction of sp³-hybridized carbons (Fsp3) is 0.400. The third kappa shape index (κ3) is 3.46. The number of nitrogens with zero attached hydrogens (tertiary/aromatic N) is 2. The normalized spacial score (nSPS) is 17.8. The molecule has 0 spiro atoms. The number of nitrogens with one attached hydrogen (secondary N) is 1. The van der Waals surface area contributed by atoms with Crippen molar-refractivity contribution in [2.45, 2.75) is 18.9 Å². The molecular formula is C15H17N3O3. The summed E-state index contributed by atoms with van der Waals surface area (Å²) in [5, 5.41) is 3.61. The average molecular weight is 287 g/mol. The topological polar surface area (TPSA) is 73.3 Å². The molecule has 1 aliphatic heterocycles. The molecule has 1 saturated heterocycles. The van der Waals surface area contributed by atoms with Crippen molar-refractivity contribution in [1.29, 1.82) is 0 Å². The largest absolute Gasteiger partial charge is 0.467 e. The molecule has 0 bridgehead atoms. The van der Waals surface area contributed by atoms with Crippen LogP contribution >= 0.6 is 0 Å². The third-order valence-electron chi connectivity index (χ3n) is 3.40. The number of fused-ring (bicyclic) bond motifs is 1. The summed E-state index contributed by atoms with van der Waals surface area (Å²) < 4.78 is 10.9. The molecule has 1 aromatic heterocycles. The van der Waals surface area contributed by atoms with Crippen LogP contribution in [-0.4, -0.2) is 41.7 Å². The van der Waals surface area contributed by atoms with Crippen LogP contribution in [0.4, 0.5) is 0 Å². The molecule has 3 rings (SSSR count). The van der Waals surface area contributed by atoms with E-state index in [-0.39, 0.29) is 18.6 Å². The van der Waals surface area contributed by atoms with Gasteiger partial charge < -0.3 is 14.8 Å². The molecule has 1 atom stereocenters. The maximum Gasteiger partial charge on any atom is 0.258 e. The quantitative estimate of drug-likeness (QED) is 0.897. The minimum atomic E-state index is -0.173. The number of aromatic nitrogens is 2. The minimum absolute atomic E-state index is 0.0618. The Bertz CT molecular complexity index is 621. The summed E-state index contributed by atoms with van der Waals surface area (Å²) in [5.74, 6) is 0.251. The molecule has 0 aliphatic carbocycles. The standard InChI is InChI=1S/C15H17N3O3/c19-14(16-8-11-4-3-7-20-11)9-21-15-12-5-1-2-6-13(12)17-10-18-15/h1-2,5-6,10-11H,3-4,7-9H2,(H,16,19). The number of carbonyl (C=O) groups is 1. The molecule has 1 N–H and O–H groups in total. The van der Waals surface area contributed by atoms with Gasteiger partial charge in [0, 0.05) is 13.2 Å². The summed E-state index contributed by atoms with van der Waals surface area (Å²) in [7, 11) is 0. The highest BCUT2D eigenvalue weighted by molar-refractivity contribution is 5.83. The maximum atomic E-state index is 11.8. The lowest BCUT2D eigenvalue weighted by Crippen LogP contribution is -2.35. The van der Waals surface area contributed by atoms with E-state index in [1.54, 1.807) is 0 Å². The van der Waals surface area contributed by atoms with Crippen molar-refractivity contribution in [3.63, 3.8) is 0 Å². The minimum Gasteiger partial charge on any atom is -0.467 e. The molecule has 0 radical (unpaired) electrons. The van der Waals surface area contributed by atoms with Crippen LogP contribution in [0.5, 0.6) is 5.88 Å². The molecule has 110 valence electrons. The molecule has 2 aromatic rings. The lowest BCUT2D eigenvalue weighted by atomic mass is 10.2. The Labute approximate surface area is 122 Å². The smallest absolute Gasteiger partial charge is 0.258 e. The number of benzene rings is 1. The van der Waals surface area contributed by atoms with Crippen molar-refractivity contribution >= 4 is 16.8 Å². The first-order chi connectivity index (χ1) is 10.3. The van der Waals surface area contributed by atoms with Crippen LogP contribution in [0.25, 0.3) is 10.9 Å². The summed E-state index contributed by atoms with van der Waals surface area (Å²) in [6.07, 6.45) is 3.62. The van der Waals surface area contributed by atoms with Gasteiger partial charge in [0.2, 0.25) is 5.88 Å². The van der Waals surface area contributed by atoms with Crippen molar-refractivity contribution in [1.82, 2.24) is 15.3 Å². The fourth-order valence-electron chi connectivity index (χ4n) is 2.31. The Kier molecular flexibility index (Phi) is 4.25. The first-order valence-corrected chi connectivity index (χ1v) is 7.04. The summed E-state index contributed by atoms with van der Waals surface area (Å²) >= 11 is 0. The molecular weight excluding hydrogens is 270 g/mol. The van der Waals surface area contributed by atoms with Crippen LogP contribution < -0.4 is 10.1 Å². The molecule has 2 heterocycles. The van der Waals surface area contributed by atoms with Gasteiger partial charge in [-0.25, -0.2) is 9.97 Å². The highest BCUT2D eigenvalue weighted by Gasteiger charge is 2.16. The first kappa shape index (κ1) is 13.8. The van der Waals surface area contributed by atoms with Gasteiger partial charge in [-0.1, -0.05) is 12.1 Å². The molecule has 6 nitrogen and oxygen atoms in total. The van der Waals surface area contributed by atoms with E-state index in [4.69, 9.17) is 9.47 Å². The van der Waals surface area contributed by atoms with Crippen LogP contribution in [0.1, 0.15) is 12.8 Å². The lowest BCUT2D eigenvalue weighted by Gasteiger charge is -2.11. The van der Waals surface area contributed by atoms with Gasteiger partial charge in [-0.3, -0.25) is 4.79 Å². The molecule has 1 aliphatic rings. The highest BCUT2D eigenvalue weighted by Crippen LogP contribution is 2.20. The van der Waals surface area contributed by atoms with Crippen molar-refractivity contribution in [2.24, 2.45) is 0 Å². The van der Waals surface area contributed by atoms with E-state index in [1.807, 2.05) is 24.3 Å². The number of rotatable bonds is 5. The highest BCUT2D eigenvalue weighted by atomic mass is 16.5. The Morgan fingerprint density at radius 2 is 2.29 bits per heavy atom. The predicted octanol–water partition coefficient (Wildman–Crippen LogP) is 1.30. The summed E-state index contributed by atoms with van der Waals surface area (Å²) in [6.45, 7) is 1.25. The number of carbonyl (C=O) groups excluding carboxylic acids is 1. The zero-order chi connectivity index (χ0) is 14.5. The SMILES string of the molecule is O=C(COc1ncnc2ccccc12)NCC1CCCO1. The van der Waals surface area contributed by atoms with E-state index in [0.717, 1.165) is 30.4 Å². The molecule has 1 unspecified atom stereocenters. The molecule has 1 fully saturated rings. The Balaban J connectivity index is 1.54. The van der Waals surface area contributed by atoms with Gasteiger partial charge in [0.15, 0.2) is 6.61 Å². The van der Waals surface area contributed by atoms with Gasteiger partial charge in [0.25, 0.3) is 5.91 Å². The van der Waals surface area contributed by atoms with Gasteiger partial charge in [0.1, 0.15) is 6.33 Å². The molecule has 6 heteroatoms. The Hall–Kier alpha value is -2.21. The van der Waals surface area contributed by atoms with Crippen LogP contribution in [0.2, 0.25) is 0 Å². The summed E-state index contributed by atoms with van der Waals surface area (Å²) in [5.41, 5.74) is 0.794. The van der Waals surface area contributed by atoms with Crippen molar-refractivity contribution in [2.75, 3.05) is 19.8 Å². The van der Waals surface area contributed by atoms with Crippen molar-refractivity contribution in [3.05, 3.63) is 30.6 Å². The summed E-state index contributed by atoms with van der Waals surface area (Å²) in [4.78, 5) is 20.0. The summed E-state index contributed by atoms with van der Waals surface area (Å²) in [6, 6.07) is 7.53. The molecule has 21 heavy (non-hydrogen) atoms. The van der Waals surface area contributed by atoms with E-state index < -0.39 is 0 Å². The predicted molar refractivity (Wildman–Crippen MR) is 77.0 cm³/mol. The lowest BCUT2D eigenvalue weighted by molar-refractivity contribution is -0.123. The van der Waals surface area contributed by atoms with E-state index in [0.29, 0.717) is 12.4 Å². The molecule has 1 amide bonds. The van der Waals surface area contributed by atoms with Crippen LogP contribution in [0, 0.1) is 0 Å². The maximum absolute atomic E-state index is 11.8. The van der Waals surface area contributed by atoms with Gasteiger partial charge in [-0.2, -0.15) is 0 Å². The fourth-order valence-corrected chi connectivity index (χ4v) is 2.31. The van der Waals surface area contributed by atoms with E-state index in [9.17, 15) is 4.79 Å².